The zero-order chi connectivity index (χ0) is 22.6. The highest BCUT2D eigenvalue weighted by atomic mass is 32.2. The molecule has 2 saturated heterocycles. The number of rotatable bonds is 8. The number of hydrogen-bond acceptors (Lipinski definition) is 5. The summed E-state index contributed by atoms with van der Waals surface area (Å²) in [7, 11) is -4.09. The van der Waals surface area contributed by atoms with Crippen molar-refractivity contribution in [3.8, 4) is 0 Å². The number of amides is 1. The molecule has 0 aromatic carbocycles. The summed E-state index contributed by atoms with van der Waals surface area (Å²) in [5.74, 6) is -5.69. The van der Waals surface area contributed by atoms with Crippen LogP contribution in [0.4, 0.5) is 22.0 Å². The minimum atomic E-state index is -5.55. The average molecular weight is 466 g/mol. The summed E-state index contributed by atoms with van der Waals surface area (Å²) in [6, 6.07) is 0. The van der Waals surface area contributed by atoms with E-state index in [4.69, 9.17) is 9.94 Å². The molecule has 2 aliphatic rings. The third-order valence-corrected chi connectivity index (χ3v) is 8.62. The highest BCUT2D eigenvalue weighted by molar-refractivity contribution is 7.91. The minimum Gasteiger partial charge on any atom is -0.381 e. The Bertz CT molecular complexity index is 687. The molecule has 0 aromatic heterocycles. The fraction of sp³-hybridized carbons (Fsp3) is 0.941. The third kappa shape index (κ3) is 5.22. The van der Waals surface area contributed by atoms with Gasteiger partial charge in [0.2, 0.25) is 10.0 Å². The number of unbranched alkanes of at least 4 members (excludes halogenated alkanes) is 1. The van der Waals surface area contributed by atoms with Crippen LogP contribution in [0.25, 0.3) is 0 Å². The summed E-state index contributed by atoms with van der Waals surface area (Å²) in [6.45, 7) is 0.359. The first kappa shape index (κ1) is 25.2. The SMILES string of the molecule is O=C(NO)C1(S(=O)(=O)N2CCC(CCCCC(F)(F)C(F)(F)F)CC2)CCOCC1. The van der Waals surface area contributed by atoms with Crippen molar-refractivity contribution in [2.45, 2.75) is 68.2 Å². The first-order valence-electron chi connectivity index (χ1n) is 9.84. The van der Waals surface area contributed by atoms with Crippen LogP contribution >= 0.6 is 0 Å². The molecule has 0 radical (unpaired) electrons. The number of nitrogens with one attached hydrogen (secondary N) is 1. The van der Waals surface area contributed by atoms with Gasteiger partial charge in [0.15, 0.2) is 4.75 Å². The Hall–Kier alpha value is -1.05. The van der Waals surface area contributed by atoms with Crippen LogP contribution in [-0.2, 0) is 19.6 Å². The second kappa shape index (κ2) is 9.61. The molecule has 2 heterocycles. The first-order chi connectivity index (χ1) is 13.9. The molecule has 7 nitrogen and oxygen atoms in total. The molecule has 2 fully saturated rings. The van der Waals surface area contributed by atoms with Crippen LogP contribution in [0.2, 0.25) is 0 Å². The van der Waals surface area contributed by atoms with Gasteiger partial charge in [-0.25, -0.2) is 18.2 Å². The molecule has 1 amide bonds. The average Bonchev–Trinajstić information content (AvgIpc) is 2.70. The molecule has 0 bridgehead atoms. The van der Waals surface area contributed by atoms with E-state index in [1.54, 1.807) is 0 Å². The van der Waals surface area contributed by atoms with E-state index in [1.165, 1.54) is 9.79 Å². The van der Waals surface area contributed by atoms with Gasteiger partial charge in [-0.1, -0.05) is 12.8 Å². The molecule has 2 N–H and O–H groups in total. The first-order valence-corrected chi connectivity index (χ1v) is 11.3. The van der Waals surface area contributed by atoms with E-state index in [2.05, 4.69) is 0 Å². The Morgan fingerprint density at radius 2 is 1.67 bits per heavy atom. The number of carbonyl (C=O) groups is 1. The molecule has 13 heteroatoms. The summed E-state index contributed by atoms with van der Waals surface area (Å²) in [6.07, 6.45) is -5.80. The summed E-state index contributed by atoms with van der Waals surface area (Å²) in [5.41, 5.74) is 1.44. The molecular formula is C17H27F5N2O5S. The van der Waals surface area contributed by atoms with E-state index in [0.29, 0.717) is 19.3 Å². The van der Waals surface area contributed by atoms with Crippen molar-refractivity contribution < 1.29 is 45.1 Å². The summed E-state index contributed by atoms with van der Waals surface area (Å²) >= 11 is 0. The number of ether oxygens (including phenoxy) is 1. The highest BCUT2D eigenvalue weighted by Gasteiger charge is 2.56. The fourth-order valence-electron chi connectivity index (χ4n) is 4.01. The van der Waals surface area contributed by atoms with Gasteiger partial charge in [0, 0.05) is 45.6 Å². The van der Waals surface area contributed by atoms with Crippen molar-refractivity contribution in [3.63, 3.8) is 0 Å². The van der Waals surface area contributed by atoms with Gasteiger partial charge < -0.3 is 4.74 Å². The van der Waals surface area contributed by atoms with Crippen LogP contribution in [0.5, 0.6) is 0 Å². The van der Waals surface area contributed by atoms with E-state index in [1.807, 2.05) is 0 Å². The van der Waals surface area contributed by atoms with E-state index < -0.39 is 39.2 Å². The lowest BCUT2D eigenvalue weighted by Gasteiger charge is -2.40. The minimum absolute atomic E-state index is 0.00765. The second-order valence-corrected chi connectivity index (χ2v) is 10.1. The van der Waals surface area contributed by atoms with Crippen molar-refractivity contribution >= 4 is 15.9 Å². The van der Waals surface area contributed by atoms with Gasteiger partial charge in [-0.2, -0.15) is 22.0 Å². The van der Waals surface area contributed by atoms with E-state index >= 15 is 0 Å². The topological polar surface area (TPSA) is 95.9 Å². The van der Waals surface area contributed by atoms with Crippen molar-refractivity contribution in [1.29, 1.82) is 0 Å². The fourth-order valence-corrected chi connectivity index (χ4v) is 6.16. The van der Waals surface area contributed by atoms with Gasteiger partial charge in [0.25, 0.3) is 5.91 Å². The normalized spacial score (nSPS) is 22.1. The lowest BCUT2D eigenvalue weighted by Crippen LogP contribution is -2.60. The van der Waals surface area contributed by atoms with Crippen molar-refractivity contribution in [2.75, 3.05) is 26.3 Å². The Balaban J connectivity index is 1.88. The van der Waals surface area contributed by atoms with Crippen LogP contribution in [0, 0.1) is 5.92 Å². The Kier molecular flexibility index (Phi) is 8.08. The molecule has 176 valence electrons. The predicted octanol–water partition coefficient (Wildman–Crippen LogP) is 2.84. The molecule has 2 aliphatic heterocycles. The van der Waals surface area contributed by atoms with Gasteiger partial charge >= 0.3 is 12.1 Å². The Labute approximate surface area is 171 Å². The zero-order valence-corrected chi connectivity index (χ0v) is 17.2. The Morgan fingerprint density at radius 1 is 1.10 bits per heavy atom. The van der Waals surface area contributed by atoms with Gasteiger partial charge in [0.1, 0.15) is 0 Å². The van der Waals surface area contributed by atoms with Crippen molar-refractivity contribution in [3.05, 3.63) is 0 Å². The van der Waals surface area contributed by atoms with Gasteiger partial charge in [0.05, 0.1) is 0 Å². The number of hydroxylamine groups is 1. The predicted molar refractivity (Wildman–Crippen MR) is 95.4 cm³/mol. The van der Waals surface area contributed by atoms with Crippen LogP contribution < -0.4 is 5.48 Å². The maximum Gasteiger partial charge on any atom is 0.453 e. The monoisotopic (exact) mass is 466 g/mol. The number of sulfonamides is 1. The number of nitrogens with zero attached hydrogens (tertiary/aromatic N) is 1. The summed E-state index contributed by atoms with van der Waals surface area (Å²) < 4.78 is 93.2. The smallest absolute Gasteiger partial charge is 0.381 e. The van der Waals surface area contributed by atoms with E-state index in [-0.39, 0.29) is 57.9 Å². The molecule has 0 aliphatic carbocycles. The van der Waals surface area contributed by atoms with Crippen molar-refractivity contribution in [2.24, 2.45) is 5.92 Å². The standard InChI is InChI=1S/C17H27F5N2O5S/c18-16(19,17(20,21)22)6-2-1-3-13-4-9-24(10-5-13)30(27,28)15(14(25)23-26)7-11-29-12-8-15/h13,26H,1-12H2,(H,23,25). The maximum absolute atomic E-state index is 13.1. The highest BCUT2D eigenvalue weighted by Crippen LogP contribution is 2.40. The number of alkyl halides is 5. The number of halogens is 5. The molecule has 0 spiro atoms. The third-order valence-electron chi connectivity index (χ3n) is 5.99. The van der Waals surface area contributed by atoms with Gasteiger partial charge in [-0.3, -0.25) is 10.0 Å². The number of hydrogen-bond donors (Lipinski definition) is 2. The maximum atomic E-state index is 13.1. The van der Waals surface area contributed by atoms with Crippen LogP contribution in [0.1, 0.15) is 51.4 Å². The zero-order valence-electron chi connectivity index (χ0n) is 16.4. The summed E-state index contributed by atoms with van der Waals surface area (Å²) in [4.78, 5) is 12.2. The molecule has 2 rings (SSSR count). The largest absolute Gasteiger partial charge is 0.453 e. The lowest BCUT2D eigenvalue weighted by atomic mass is 9.92. The molecule has 30 heavy (non-hydrogen) atoms. The number of piperidine rings is 1. The van der Waals surface area contributed by atoms with Gasteiger partial charge in [-0.05, 0) is 25.2 Å². The second-order valence-electron chi connectivity index (χ2n) is 7.84. The molecular weight excluding hydrogens is 439 g/mol. The van der Waals surface area contributed by atoms with Crippen LogP contribution in [-0.4, -0.2) is 67.0 Å². The quantitative estimate of drug-likeness (QED) is 0.248. The van der Waals surface area contributed by atoms with E-state index in [0.717, 1.165) is 0 Å². The summed E-state index contributed by atoms with van der Waals surface area (Å²) in [5, 5.41) is 9.04. The Morgan fingerprint density at radius 3 is 2.17 bits per heavy atom. The van der Waals surface area contributed by atoms with Crippen LogP contribution in [0.15, 0.2) is 0 Å². The van der Waals surface area contributed by atoms with Gasteiger partial charge in [-0.15, -0.1) is 0 Å². The molecule has 0 atom stereocenters. The molecule has 0 saturated carbocycles. The van der Waals surface area contributed by atoms with Crippen LogP contribution in [0.3, 0.4) is 0 Å². The van der Waals surface area contributed by atoms with Crippen molar-refractivity contribution in [1.82, 2.24) is 9.79 Å². The molecule has 0 unspecified atom stereocenters. The number of carbonyl (C=O) groups excluding carboxylic acids is 1. The molecule has 0 aromatic rings. The lowest BCUT2D eigenvalue weighted by molar-refractivity contribution is -0.284. The van der Waals surface area contributed by atoms with E-state index in [9.17, 15) is 35.2 Å².